The predicted molar refractivity (Wildman–Crippen MR) is 57.7 cm³/mol. The van der Waals surface area contributed by atoms with E-state index in [0.29, 0.717) is 18.3 Å². The maximum absolute atomic E-state index is 5.55. The van der Waals surface area contributed by atoms with Crippen molar-refractivity contribution in [3.05, 3.63) is 11.7 Å². The van der Waals surface area contributed by atoms with Gasteiger partial charge < -0.3 is 15.0 Å². The Morgan fingerprint density at radius 3 is 3.20 bits per heavy atom. The zero-order valence-corrected chi connectivity index (χ0v) is 9.33. The van der Waals surface area contributed by atoms with Gasteiger partial charge in [0.1, 0.15) is 6.10 Å². The highest BCUT2D eigenvalue weighted by Gasteiger charge is 2.21. The summed E-state index contributed by atoms with van der Waals surface area (Å²) in [5, 5.41) is 3.93. The topological polar surface area (TPSA) is 74.2 Å². The van der Waals surface area contributed by atoms with Crippen molar-refractivity contribution in [3.8, 4) is 0 Å². The lowest BCUT2D eigenvalue weighted by molar-refractivity contribution is 0.0677. The van der Waals surface area contributed by atoms with E-state index >= 15 is 0 Å². The van der Waals surface area contributed by atoms with Crippen molar-refractivity contribution in [2.45, 2.75) is 18.9 Å². The third-order valence-electron chi connectivity index (χ3n) is 2.18. The van der Waals surface area contributed by atoms with Crippen LogP contribution in [0.25, 0.3) is 0 Å². The van der Waals surface area contributed by atoms with Crippen LogP contribution in [0.1, 0.15) is 24.2 Å². The first-order valence-electron chi connectivity index (χ1n) is 5.12. The lowest BCUT2D eigenvalue weighted by Gasteiger charge is -2.18. The Labute approximate surface area is 92.7 Å². The van der Waals surface area contributed by atoms with Crippen molar-refractivity contribution >= 4 is 11.8 Å². The molecule has 0 saturated carbocycles. The van der Waals surface area contributed by atoms with Crippen LogP contribution in [0.4, 0.5) is 0 Å². The molecule has 1 aliphatic heterocycles. The molecule has 1 aliphatic rings. The SMILES string of the molecule is NCCCc1nc(C2CSCCO2)no1. The summed E-state index contributed by atoms with van der Waals surface area (Å²) in [5.74, 6) is 3.30. The molecule has 84 valence electrons. The Bertz CT molecular complexity index is 299. The fraction of sp³-hybridized carbons (Fsp3) is 0.778. The van der Waals surface area contributed by atoms with E-state index in [2.05, 4.69) is 10.1 Å². The average Bonchev–Trinajstić information content (AvgIpc) is 2.76. The number of rotatable bonds is 4. The van der Waals surface area contributed by atoms with E-state index in [0.717, 1.165) is 31.0 Å². The molecule has 0 bridgehead atoms. The van der Waals surface area contributed by atoms with Gasteiger partial charge in [-0.1, -0.05) is 5.16 Å². The molecule has 1 unspecified atom stereocenters. The van der Waals surface area contributed by atoms with Gasteiger partial charge in [0.05, 0.1) is 6.61 Å². The molecule has 0 spiro atoms. The fourth-order valence-electron chi connectivity index (χ4n) is 1.39. The maximum Gasteiger partial charge on any atom is 0.226 e. The van der Waals surface area contributed by atoms with E-state index in [1.807, 2.05) is 11.8 Å². The van der Waals surface area contributed by atoms with Crippen molar-refractivity contribution in [1.82, 2.24) is 10.1 Å². The zero-order chi connectivity index (χ0) is 10.5. The van der Waals surface area contributed by atoms with E-state index in [1.54, 1.807) is 0 Å². The van der Waals surface area contributed by atoms with Crippen molar-refractivity contribution < 1.29 is 9.26 Å². The normalized spacial score (nSPS) is 21.8. The molecular formula is C9H15N3O2S. The Morgan fingerprint density at radius 2 is 2.47 bits per heavy atom. The number of nitrogens with two attached hydrogens (primary N) is 1. The summed E-state index contributed by atoms with van der Waals surface area (Å²) in [6.45, 7) is 1.41. The molecule has 2 rings (SSSR count). The average molecular weight is 229 g/mol. The van der Waals surface area contributed by atoms with Gasteiger partial charge in [0.2, 0.25) is 11.7 Å². The quantitative estimate of drug-likeness (QED) is 0.821. The number of thioether (sulfide) groups is 1. The van der Waals surface area contributed by atoms with Crippen molar-refractivity contribution in [2.24, 2.45) is 5.73 Å². The number of nitrogens with zero attached hydrogens (tertiary/aromatic N) is 2. The summed E-state index contributed by atoms with van der Waals surface area (Å²) in [7, 11) is 0. The molecule has 1 atom stereocenters. The minimum Gasteiger partial charge on any atom is -0.368 e. The van der Waals surface area contributed by atoms with Gasteiger partial charge in [0.15, 0.2) is 0 Å². The third kappa shape index (κ3) is 2.93. The van der Waals surface area contributed by atoms with Gasteiger partial charge in [-0.25, -0.2) is 0 Å². The summed E-state index contributed by atoms with van der Waals surface area (Å²) in [6.07, 6.45) is 1.63. The molecule has 0 amide bonds. The molecule has 0 radical (unpaired) electrons. The van der Waals surface area contributed by atoms with Crippen molar-refractivity contribution in [2.75, 3.05) is 24.7 Å². The maximum atomic E-state index is 5.55. The minimum absolute atomic E-state index is 0.000809. The molecule has 6 heteroatoms. The van der Waals surface area contributed by atoms with Gasteiger partial charge in [-0.15, -0.1) is 0 Å². The lowest BCUT2D eigenvalue weighted by Crippen LogP contribution is -2.16. The molecule has 2 N–H and O–H groups in total. The van der Waals surface area contributed by atoms with Crippen LogP contribution in [-0.4, -0.2) is 34.8 Å². The van der Waals surface area contributed by atoms with Gasteiger partial charge in [-0.05, 0) is 13.0 Å². The Balaban J connectivity index is 1.93. The molecule has 1 aromatic rings. The zero-order valence-electron chi connectivity index (χ0n) is 8.52. The van der Waals surface area contributed by atoms with E-state index in [1.165, 1.54) is 0 Å². The second-order valence-electron chi connectivity index (χ2n) is 3.37. The number of hydrogen-bond acceptors (Lipinski definition) is 6. The Hall–Kier alpha value is -0.590. The Kier molecular flexibility index (Phi) is 3.99. The van der Waals surface area contributed by atoms with Crippen LogP contribution in [0.3, 0.4) is 0 Å². The highest BCUT2D eigenvalue weighted by molar-refractivity contribution is 7.99. The van der Waals surface area contributed by atoms with E-state index < -0.39 is 0 Å². The highest BCUT2D eigenvalue weighted by atomic mass is 32.2. The molecular weight excluding hydrogens is 214 g/mol. The van der Waals surface area contributed by atoms with Crippen LogP contribution in [0.5, 0.6) is 0 Å². The van der Waals surface area contributed by atoms with Crippen molar-refractivity contribution in [1.29, 1.82) is 0 Å². The number of aryl methyl sites for hydroxylation is 1. The van der Waals surface area contributed by atoms with Gasteiger partial charge in [0, 0.05) is 17.9 Å². The number of ether oxygens (including phenoxy) is 1. The third-order valence-corrected chi connectivity index (χ3v) is 3.18. The Morgan fingerprint density at radius 1 is 1.53 bits per heavy atom. The predicted octanol–water partition coefficient (Wildman–Crippen LogP) is 0.765. The standard InChI is InChI=1S/C9H15N3O2S/c10-3-1-2-8-11-9(12-14-8)7-6-15-5-4-13-7/h7H,1-6,10H2. The minimum atomic E-state index is -0.000809. The summed E-state index contributed by atoms with van der Waals surface area (Å²) in [5.41, 5.74) is 5.41. The van der Waals surface area contributed by atoms with E-state index in [9.17, 15) is 0 Å². The van der Waals surface area contributed by atoms with Crippen LogP contribution < -0.4 is 5.73 Å². The largest absolute Gasteiger partial charge is 0.368 e. The molecule has 0 aromatic carbocycles. The first-order chi connectivity index (χ1) is 7.40. The monoisotopic (exact) mass is 229 g/mol. The molecule has 2 heterocycles. The van der Waals surface area contributed by atoms with Gasteiger partial charge in [-0.2, -0.15) is 16.7 Å². The molecule has 1 saturated heterocycles. The van der Waals surface area contributed by atoms with E-state index in [-0.39, 0.29) is 6.10 Å². The van der Waals surface area contributed by atoms with Crippen LogP contribution in [0, 0.1) is 0 Å². The lowest BCUT2D eigenvalue weighted by atomic mass is 10.3. The first kappa shape index (κ1) is 10.9. The van der Waals surface area contributed by atoms with Crippen LogP contribution >= 0.6 is 11.8 Å². The summed E-state index contributed by atoms with van der Waals surface area (Å²) in [6, 6.07) is 0. The molecule has 5 nitrogen and oxygen atoms in total. The highest BCUT2D eigenvalue weighted by Crippen LogP contribution is 2.24. The van der Waals surface area contributed by atoms with Gasteiger partial charge in [0.25, 0.3) is 0 Å². The molecule has 15 heavy (non-hydrogen) atoms. The van der Waals surface area contributed by atoms with Crippen molar-refractivity contribution in [3.63, 3.8) is 0 Å². The first-order valence-corrected chi connectivity index (χ1v) is 6.27. The smallest absolute Gasteiger partial charge is 0.226 e. The van der Waals surface area contributed by atoms with Gasteiger partial charge in [-0.3, -0.25) is 0 Å². The van der Waals surface area contributed by atoms with Crippen LogP contribution in [0.15, 0.2) is 4.52 Å². The molecule has 1 fully saturated rings. The second-order valence-corrected chi connectivity index (χ2v) is 4.52. The molecule has 1 aromatic heterocycles. The van der Waals surface area contributed by atoms with E-state index in [4.69, 9.17) is 15.0 Å². The molecule has 0 aliphatic carbocycles. The number of hydrogen-bond donors (Lipinski definition) is 1. The van der Waals surface area contributed by atoms with Crippen LogP contribution in [0.2, 0.25) is 0 Å². The summed E-state index contributed by atoms with van der Waals surface area (Å²) < 4.78 is 10.7. The fourth-order valence-corrected chi connectivity index (χ4v) is 2.23. The second kappa shape index (κ2) is 5.48. The van der Waals surface area contributed by atoms with Gasteiger partial charge >= 0.3 is 0 Å². The van der Waals surface area contributed by atoms with Crippen LogP contribution in [-0.2, 0) is 11.2 Å². The summed E-state index contributed by atoms with van der Waals surface area (Å²) >= 11 is 1.86. The summed E-state index contributed by atoms with van der Waals surface area (Å²) in [4.78, 5) is 4.30. The number of aromatic nitrogens is 2.